The van der Waals surface area contributed by atoms with Crippen LogP contribution in [-0.2, 0) is 0 Å². The van der Waals surface area contributed by atoms with E-state index in [1.54, 1.807) is 0 Å². The second-order valence-corrected chi connectivity index (χ2v) is 1.39. The number of hydrogen-bond donors (Lipinski definition) is 2. The van der Waals surface area contributed by atoms with Crippen molar-refractivity contribution < 1.29 is 9.60 Å². The molecule has 3 N–H and O–H groups in total. The summed E-state index contributed by atoms with van der Waals surface area (Å²) in [6, 6.07) is -2.19. The Hall–Kier alpha value is -0.730. The molecule has 0 aliphatic rings. The minimum atomic E-state index is -2.69. The highest BCUT2D eigenvalue weighted by Gasteiger charge is 1.84. The van der Waals surface area contributed by atoms with Gasteiger partial charge in [0.15, 0.2) is 0 Å². The normalized spacial score (nSPS) is 19.5. The first kappa shape index (κ1) is 2.72. The zero-order valence-corrected chi connectivity index (χ0v) is 5.80. The first-order valence-corrected chi connectivity index (χ1v) is 2.29. The van der Waals surface area contributed by atoms with Crippen LogP contribution < -0.4 is 11.3 Å². The summed E-state index contributed by atoms with van der Waals surface area (Å²) in [5.41, 5.74) is 1.21. The van der Waals surface area contributed by atoms with Gasteiger partial charge in [0, 0.05) is 9.80 Å². The highest BCUT2D eigenvalue weighted by Crippen LogP contribution is 2.05. The van der Waals surface area contributed by atoms with E-state index in [0.717, 1.165) is 0 Å². The number of nitrogens with two attached hydrogens (primary N) is 1. The van der Waals surface area contributed by atoms with E-state index in [4.69, 9.17) is 15.4 Å². The predicted octanol–water partition coefficient (Wildman–Crippen LogP) is 1.70. The summed E-state index contributed by atoms with van der Waals surface area (Å²) in [6.45, 7) is -2.69. The van der Waals surface area contributed by atoms with Crippen LogP contribution in [-0.4, -0.2) is 0 Å². The molecule has 1 aromatic rings. The molecule has 0 heterocycles. The highest BCUT2D eigenvalue weighted by atomic mass is 35.5. The summed E-state index contributed by atoms with van der Waals surface area (Å²) < 4.78 is 51.4. The van der Waals surface area contributed by atoms with Crippen LogP contribution in [0.4, 0.5) is 5.69 Å². The minimum Gasteiger partial charge on any atom is -0.324 e. The summed E-state index contributed by atoms with van der Waals surface area (Å²) in [7, 11) is 0. The lowest BCUT2D eigenvalue weighted by Crippen LogP contribution is -2.05. The van der Waals surface area contributed by atoms with Crippen LogP contribution in [0.5, 0.6) is 0 Å². The first-order chi connectivity index (χ1) is 7.21. The Kier molecular flexibility index (Phi) is 1.13. The van der Waals surface area contributed by atoms with Crippen LogP contribution in [0.3, 0.4) is 0 Å². The molecule has 1 rings (SSSR count). The Balaban J connectivity index is 0.00000256. The van der Waals surface area contributed by atoms with Crippen molar-refractivity contribution in [2.45, 2.75) is 6.85 Å². The van der Waals surface area contributed by atoms with Gasteiger partial charge in [-0.15, -0.1) is 12.4 Å². The number of rotatable bonds is 1. The summed E-state index contributed by atoms with van der Waals surface area (Å²) in [5, 5.41) is 0. The maximum Gasteiger partial charge on any atom is 0.0645 e. The molecular formula is C7H11ClN2. The lowest BCUT2D eigenvalue weighted by atomic mass is 10.2. The minimum absolute atomic E-state index is 0. The largest absolute Gasteiger partial charge is 0.324 e. The van der Waals surface area contributed by atoms with E-state index in [9.17, 15) is 0 Å². The quantitative estimate of drug-likeness (QED) is 0.491. The van der Waals surface area contributed by atoms with Crippen LogP contribution in [0.2, 0.25) is 0 Å². The van der Waals surface area contributed by atoms with Crippen molar-refractivity contribution in [2.75, 3.05) is 5.43 Å². The maximum absolute atomic E-state index is 7.49. The average molecular weight is 166 g/mol. The van der Waals surface area contributed by atoms with Crippen molar-refractivity contribution in [1.82, 2.24) is 0 Å². The Morgan fingerprint density at radius 2 is 2.10 bits per heavy atom. The maximum atomic E-state index is 7.49. The Bertz CT molecular complexity index is 402. The highest BCUT2D eigenvalue weighted by molar-refractivity contribution is 5.85. The van der Waals surface area contributed by atoms with Crippen LogP contribution in [0.1, 0.15) is 15.2 Å². The third-order valence-corrected chi connectivity index (χ3v) is 0.769. The molecular weight excluding hydrogens is 148 g/mol. The van der Waals surface area contributed by atoms with E-state index in [1.807, 2.05) is 5.43 Å². The van der Waals surface area contributed by atoms with Gasteiger partial charge in [-0.3, -0.25) is 5.84 Å². The van der Waals surface area contributed by atoms with Crippen molar-refractivity contribution in [3.05, 3.63) is 29.7 Å². The molecule has 0 aromatic heterocycles. The Labute approximate surface area is 76.6 Å². The fourth-order valence-electron chi connectivity index (χ4n) is 0.385. The van der Waals surface area contributed by atoms with Gasteiger partial charge in [0.1, 0.15) is 0 Å². The summed E-state index contributed by atoms with van der Waals surface area (Å²) in [5.74, 6) is 5.05. The van der Waals surface area contributed by atoms with E-state index < -0.39 is 36.6 Å². The zero-order valence-electron chi connectivity index (χ0n) is 12.0. The monoisotopic (exact) mass is 165 g/mol. The number of nitrogen functional groups attached to an aromatic ring is 1. The Morgan fingerprint density at radius 3 is 2.50 bits per heavy atom. The molecule has 0 aliphatic heterocycles. The molecule has 2 nitrogen and oxygen atoms in total. The van der Waals surface area contributed by atoms with E-state index in [-0.39, 0.29) is 18.1 Å². The van der Waals surface area contributed by atoms with Crippen molar-refractivity contribution in [2.24, 2.45) is 5.84 Å². The molecule has 0 saturated heterocycles. The van der Waals surface area contributed by atoms with E-state index >= 15 is 0 Å². The number of halogens is 1. The SMILES string of the molecule is Cl.[2H]c1c([2H])c(C([2H])([2H])[2H])c([2H])c([2H])c1NN. The second kappa shape index (κ2) is 4.14. The summed E-state index contributed by atoms with van der Waals surface area (Å²) >= 11 is 0. The lowest BCUT2D eigenvalue weighted by molar-refractivity contribution is 1.34. The van der Waals surface area contributed by atoms with Gasteiger partial charge < -0.3 is 5.43 Å². The number of hydrazine groups is 1. The van der Waals surface area contributed by atoms with Crippen LogP contribution in [0, 0.1) is 6.85 Å². The molecule has 3 heteroatoms. The van der Waals surface area contributed by atoms with Gasteiger partial charge in [-0.05, 0) is 18.9 Å². The molecule has 0 saturated carbocycles. The summed E-state index contributed by atoms with van der Waals surface area (Å²) in [6.07, 6.45) is 0. The molecule has 1 aromatic carbocycles. The van der Waals surface area contributed by atoms with E-state index in [2.05, 4.69) is 0 Å². The molecule has 0 amide bonds. The smallest absolute Gasteiger partial charge is 0.0645 e. The van der Waals surface area contributed by atoms with Crippen LogP contribution in [0.15, 0.2) is 24.2 Å². The van der Waals surface area contributed by atoms with Gasteiger partial charge in [-0.25, -0.2) is 0 Å². The third kappa shape index (κ3) is 2.25. The predicted molar refractivity (Wildman–Crippen MR) is 46.2 cm³/mol. The molecule has 10 heavy (non-hydrogen) atoms. The van der Waals surface area contributed by atoms with Crippen LogP contribution in [0.25, 0.3) is 0 Å². The number of hydrogen-bond acceptors (Lipinski definition) is 2. The number of anilines is 1. The van der Waals surface area contributed by atoms with Crippen molar-refractivity contribution in [1.29, 1.82) is 0 Å². The molecule has 0 fully saturated rings. The zero-order chi connectivity index (χ0) is 12.7. The second-order valence-electron chi connectivity index (χ2n) is 1.39. The van der Waals surface area contributed by atoms with Gasteiger partial charge in [0.25, 0.3) is 0 Å². The molecule has 0 atom stereocenters. The average Bonchev–Trinajstić information content (AvgIpc) is 2.14. The van der Waals surface area contributed by atoms with Gasteiger partial charge >= 0.3 is 0 Å². The van der Waals surface area contributed by atoms with Gasteiger partial charge in [0.2, 0.25) is 0 Å². The number of nitrogens with one attached hydrogen (secondary N) is 1. The first-order valence-electron chi connectivity index (χ1n) is 5.79. The molecule has 0 bridgehead atoms. The van der Waals surface area contributed by atoms with E-state index in [1.165, 1.54) is 0 Å². The van der Waals surface area contributed by atoms with Crippen molar-refractivity contribution >= 4 is 18.1 Å². The molecule has 0 unspecified atom stereocenters. The van der Waals surface area contributed by atoms with Crippen molar-refractivity contribution in [3.63, 3.8) is 0 Å². The van der Waals surface area contributed by atoms with Gasteiger partial charge in [-0.1, -0.05) is 17.6 Å². The molecule has 56 valence electrons. The standard InChI is InChI=1S/C7H10N2.ClH/c1-6-2-4-7(9-8)5-3-6;/h2-5,9H,8H2,1H3;1H/i1D3,2D,3D,4D,5D;. The van der Waals surface area contributed by atoms with E-state index in [0.29, 0.717) is 0 Å². The summed E-state index contributed by atoms with van der Waals surface area (Å²) in [4.78, 5) is 0. The Morgan fingerprint density at radius 1 is 1.50 bits per heavy atom. The fraction of sp³-hybridized carbons (Fsp3) is 0.143. The van der Waals surface area contributed by atoms with Crippen LogP contribution >= 0.6 is 12.4 Å². The topological polar surface area (TPSA) is 38.0 Å². The van der Waals surface area contributed by atoms with Gasteiger partial charge in [0.05, 0.1) is 5.48 Å². The third-order valence-electron chi connectivity index (χ3n) is 0.769. The molecule has 0 spiro atoms. The fourth-order valence-corrected chi connectivity index (χ4v) is 0.385. The number of benzene rings is 1. The molecule has 0 radical (unpaired) electrons. The van der Waals surface area contributed by atoms with Gasteiger partial charge in [-0.2, -0.15) is 0 Å². The lowest BCUT2D eigenvalue weighted by Gasteiger charge is -1.97. The molecule has 0 aliphatic carbocycles. The van der Waals surface area contributed by atoms with Crippen molar-refractivity contribution in [3.8, 4) is 0 Å².